The Balaban J connectivity index is 1.81. The van der Waals surface area contributed by atoms with Crippen molar-refractivity contribution in [2.75, 3.05) is 13.7 Å². The van der Waals surface area contributed by atoms with Crippen molar-refractivity contribution in [2.45, 2.75) is 18.6 Å². The Morgan fingerprint density at radius 3 is 2.85 bits per heavy atom. The molecule has 0 saturated carbocycles. The molecule has 0 radical (unpaired) electrons. The van der Waals surface area contributed by atoms with Crippen LogP contribution >= 0.6 is 0 Å². The molecule has 0 aliphatic carbocycles. The first-order chi connectivity index (χ1) is 9.67. The smallest absolute Gasteiger partial charge is 0.159 e. The van der Waals surface area contributed by atoms with Crippen molar-refractivity contribution in [1.82, 2.24) is 15.3 Å². The van der Waals surface area contributed by atoms with Crippen LogP contribution < -0.4 is 5.32 Å². The van der Waals surface area contributed by atoms with Crippen LogP contribution in [0.25, 0.3) is 11.3 Å². The van der Waals surface area contributed by atoms with Crippen LogP contribution in [-0.2, 0) is 4.74 Å². The summed E-state index contributed by atoms with van der Waals surface area (Å²) in [6.07, 6.45) is 2.64. The fourth-order valence-electron chi connectivity index (χ4n) is 2.42. The summed E-state index contributed by atoms with van der Waals surface area (Å²) >= 11 is 0. The van der Waals surface area contributed by atoms with Crippen molar-refractivity contribution in [3.63, 3.8) is 0 Å². The molecule has 0 amide bonds. The third kappa shape index (κ3) is 2.44. The van der Waals surface area contributed by atoms with Crippen molar-refractivity contribution in [1.29, 1.82) is 0 Å². The number of aromatic nitrogens is 2. The molecular formula is C14H15F2N3O. The Morgan fingerprint density at radius 1 is 1.30 bits per heavy atom. The molecule has 2 heterocycles. The maximum atomic E-state index is 13.2. The van der Waals surface area contributed by atoms with E-state index in [1.54, 1.807) is 13.3 Å². The number of rotatable bonds is 3. The fraction of sp³-hybridized carbons (Fsp3) is 0.357. The van der Waals surface area contributed by atoms with Gasteiger partial charge < -0.3 is 15.0 Å². The van der Waals surface area contributed by atoms with Gasteiger partial charge in [0.15, 0.2) is 11.6 Å². The summed E-state index contributed by atoms with van der Waals surface area (Å²) in [4.78, 5) is 7.45. The molecule has 1 saturated heterocycles. The molecule has 6 heteroatoms. The van der Waals surface area contributed by atoms with E-state index < -0.39 is 11.6 Å². The molecule has 1 aromatic heterocycles. The monoisotopic (exact) mass is 279 g/mol. The number of imidazole rings is 1. The second kappa shape index (κ2) is 5.30. The summed E-state index contributed by atoms with van der Waals surface area (Å²) in [5, 5.41) is 3.31. The van der Waals surface area contributed by atoms with E-state index in [0.29, 0.717) is 11.3 Å². The van der Waals surface area contributed by atoms with Crippen molar-refractivity contribution in [3.05, 3.63) is 41.9 Å². The third-order valence-electron chi connectivity index (χ3n) is 3.58. The van der Waals surface area contributed by atoms with Crippen molar-refractivity contribution in [2.24, 2.45) is 0 Å². The molecule has 1 aromatic carbocycles. The molecule has 1 fully saturated rings. The molecule has 2 aromatic rings. The number of ether oxygens (including phenoxy) is 1. The highest BCUT2D eigenvalue weighted by molar-refractivity contribution is 5.58. The summed E-state index contributed by atoms with van der Waals surface area (Å²) in [6.45, 7) is 0.780. The standard InChI is InChI=1S/C14H15F2N3O/c1-20-9-5-12(17-6-9)14-18-7-13(19-14)8-2-3-10(15)11(16)4-8/h2-4,7,9,12,17H,5-6H2,1H3,(H,18,19). The van der Waals surface area contributed by atoms with Crippen LogP contribution in [0.1, 0.15) is 18.3 Å². The summed E-state index contributed by atoms with van der Waals surface area (Å²) in [6, 6.07) is 3.89. The Kier molecular flexibility index (Phi) is 3.50. The summed E-state index contributed by atoms with van der Waals surface area (Å²) in [7, 11) is 1.68. The van der Waals surface area contributed by atoms with E-state index in [1.807, 2.05) is 0 Å². The minimum Gasteiger partial charge on any atom is -0.380 e. The number of methoxy groups -OCH3 is 1. The first-order valence-corrected chi connectivity index (χ1v) is 6.44. The van der Waals surface area contributed by atoms with Gasteiger partial charge in [0.25, 0.3) is 0 Å². The molecule has 20 heavy (non-hydrogen) atoms. The van der Waals surface area contributed by atoms with Gasteiger partial charge >= 0.3 is 0 Å². The number of aromatic amines is 1. The number of hydrogen-bond donors (Lipinski definition) is 2. The maximum absolute atomic E-state index is 13.2. The molecule has 1 aliphatic rings. The first kappa shape index (κ1) is 13.2. The predicted octanol–water partition coefficient (Wildman–Crippen LogP) is 2.40. The summed E-state index contributed by atoms with van der Waals surface area (Å²) < 4.78 is 31.4. The van der Waals surface area contributed by atoms with Gasteiger partial charge in [0.05, 0.1) is 24.0 Å². The lowest BCUT2D eigenvalue weighted by molar-refractivity contribution is 0.117. The molecule has 3 rings (SSSR count). The fourth-order valence-corrected chi connectivity index (χ4v) is 2.42. The summed E-state index contributed by atoms with van der Waals surface area (Å²) in [5.74, 6) is -0.935. The summed E-state index contributed by atoms with van der Waals surface area (Å²) in [5.41, 5.74) is 1.24. The first-order valence-electron chi connectivity index (χ1n) is 6.44. The van der Waals surface area contributed by atoms with Crippen LogP contribution in [0, 0.1) is 11.6 Å². The largest absolute Gasteiger partial charge is 0.380 e. The van der Waals surface area contributed by atoms with E-state index in [4.69, 9.17) is 4.74 Å². The number of halogens is 2. The predicted molar refractivity (Wildman–Crippen MR) is 70.1 cm³/mol. The average molecular weight is 279 g/mol. The van der Waals surface area contributed by atoms with Crippen LogP contribution in [0.15, 0.2) is 24.4 Å². The van der Waals surface area contributed by atoms with E-state index in [1.165, 1.54) is 6.07 Å². The van der Waals surface area contributed by atoms with E-state index in [-0.39, 0.29) is 12.1 Å². The quantitative estimate of drug-likeness (QED) is 0.907. The van der Waals surface area contributed by atoms with E-state index in [0.717, 1.165) is 30.9 Å². The average Bonchev–Trinajstić information content (AvgIpc) is 3.09. The van der Waals surface area contributed by atoms with E-state index in [9.17, 15) is 8.78 Å². The highest BCUT2D eigenvalue weighted by Gasteiger charge is 2.27. The van der Waals surface area contributed by atoms with Gasteiger partial charge in [-0.15, -0.1) is 0 Å². The van der Waals surface area contributed by atoms with Crippen molar-refractivity contribution < 1.29 is 13.5 Å². The van der Waals surface area contributed by atoms with Crippen LogP contribution in [0.3, 0.4) is 0 Å². The topological polar surface area (TPSA) is 49.9 Å². The van der Waals surface area contributed by atoms with Gasteiger partial charge in [-0.3, -0.25) is 0 Å². The molecule has 4 nitrogen and oxygen atoms in total. The van der Waals surface area contributed by atoms with Crippen LogP contribution in [-0.4, -0.2) is 29.7 Å². The van der Waals surface area contributed by atoms with Crippen LogP contribution in [0.5, 0.6) is 0 Å². The van der Waals surface area contributed by atoms with Crippen molar-refractivity contribution in [3.8, 4) is 11.3 Å². The van der Waals surface area contributed by atoms with Gasteiger partial charge in [-0.1, -0.05) is 0 Å². The van der Waals surface area contributed by atoms with Gasteiger partial charge in [-0.25, -0.2) is 13.8 Å². The molecule has 2 unspecified atom stereocenters. The molecular weight excluding hydrogens is 264 g/mol. The molecule has 106 valence electrons. The lowest BCUT2D eigenvalue weighted by Gasteiger charge is -2.06. The zero-order valence-electron chi connectivity index (χ0n) is 11.0. The third-order valence-corrected chi connectivity index (χ3v) is 3.58. The lowest BCUT2D eigenvalue weighted by Crippen LogP contribution is -2.16. The lowest BCUT2D eigenvalue weighted by atomic mass is 10.1. The van der Waals surface area contributed by atoms with E-state index >= 15 is 0 Å². The second-order valence-electron chi connectivity index (χ2n) is 4.87. The number of hydrogen-bond acceptors (Lipinski definition) is 3. The molecule has 1 aliphatic heterocycles. The highest BCUT2D eigenvalue weighted by atomic mass is 19.2. The minimum absolute atomic E-state index is 0.0963. The van der Waals surface area contributed by atoms with Crippen molar-refractivity contribution >= 4 is 0 Å². The molecule has 0 spiro atoms. The minimum atomic E-state index is -0.864. The molecule has 0 bridgehead atoms. The second-order valence-corrected chi connectivity index (χ2v) is 4.87. The number of nitrogens with zero attached hydrogens (tertiary/aromatic N) is 1. The molecule has 2 atom stereocenters. The van der Waals surface area contributed by atoms with Gasteiger partial charge in [-0.2, -0.15) is 0 Å². The Bertz CT molecular complexity index is 614. The highest BCUT2D eigenvalue weighted by Crippen LogP contribution is 2.26. The Morgan fingerprint density at radius 2 is 2.15 bits per heavy atom. The van der Waals surface area contributed by atoms with Gasteiger partial charge in [0.2, 0.25) is 0 Å². The number of nitrogens with one attached hydrogen (secondary N) is 2. The normalized spacial score (nSPS) is 22.4. The SMILES string of the molecule is COC1CNC(c2ncc(-c3ccc(F)c(F)c3)[nH]2)C1. The van der Waals surface area contributed by atoms with Gasteiger partial charge in [0.1, 0.15) is 5.82 Å². The van der Waals surface area contributed by atoms with E-state index in [2.05, 4.69) is 15.3 Å². The van der Waals surface area contributed by atoms with Gasteiger partial charge in [0, 0.05) is 19.2 Å². The molecule has 2 N–H and O–H groups in total. The number of H-pyrrole nitrogens is 1. The Hall–Kier alpha value is -1.79. The zero-order valence-corrected chi connectivity index (χ0v) is 11.0. The van der Waals surface area contributed by atoms with Gasteiger partial charge in [-0.05, 0) is 24.6 Å². The van der Waals surface area contributed by atoms with Crippen LogP contribution in [0.2, 0.25) is 0 Å². The zero-order chi connectivity index (χ0) is 14.1. The Labute approximate surface area is 115 Å². The van der Waals surface area contributed by atoms with Crippen LogP contribution in [0.4, 0.5) is 8.78 Å². The maximum Gasteiger partial charge on any atom is 0.159 e. The number of benzene rings is 1.